The Kier molecular flexibility index (Phi) is 6.73. The number of carbonyl (C=O) groups is 1. The van der Waals surface area contributed by atoms with Gasteiger partial charge in [-0.2, -0.15) is 0 Å². The Morgan fingerprint density at radius 3 is 2.70 bits per heavy atom. The van der Waals surface area contributed by atoms with E-state index in [1.54, 1.807) is 18.2 Å². The van der Waals surface area contributed by atoms with Crippen LogP contribution in [-0.2, 0) is 19.0 Å². The molecule has 1 spiro atoms. The highest BCUT2D eigenvalue weighted by atomic mass is 16.6. The Morgan fingerprint density at radius 2 is 2.07 bits per heavy atom. The number of benzene rings is 1. The fraction of sp³-hybridized carbons (Fsp3) is 0.560. The summed E-state index contributed by atoms with van der Waals surface area (Å²) in [6.07, 6.45) is 7.43. The minimum Gasteiger partial charge on any atom is -0.508 e. The number of hydrogen-bond acceptors (Lipinski definition) is 5. The molecule has 1 heterocycles. The Labute approximate surface area is 179 Å². The molecule has 2 unspecified atom stereocenters. The summed E-state index contributed by atoms with van der Waals surface area (Å²) in [5, 5.41) is 9.70. The monoisotopic (exact) mass is 414 g/mol. The summed E-state index contributed by atoms with van der Waals surface area (Å²) >= 11 is 0. The summed E-state index contributed by atoms with van der Waals surface area (Å²) in [6, 6.07) is 5.20. The zero-order valence-electron chi connectivity index (χ0n) is 18.7. The third-order valence-electron chi connectivity index (χ3n) is 6.10. The molecule has 1 aromatic carbocycles. The summed E-state index contributed by atoms with van der Waals surface area (Å²) in [5.74, 6) is -0.0151. The lowest BCUT2D eigenvalue weighted by Crippen LogP contribution is -2.49. The quantitative estimate of drug-likeness (QED) is 0.296. The number of aromatic hydroxyl groups is 1. The van der Waals surface area contributed by atoms with Crippen molar-refractivity contribution in [2.45, 2.75) is 71.2 Å². The third-order valence-corrected chi connectivity index (χ3v) is 6.10. The largest absolute Gasteiger partial charge is 0.508 e. The number of phenols is 1. The Morgan fingerprint density at radius 1 is 1.33 bits per heavy atom. The van der Waals surface area contributed by atoms with Crippen LogP contribution in [0.2, 0.25) is 0 Å². The number of epoxide rings is 1. The van der Waals surface area contributed by atoms with Gasteiger partial charge >= 0.3 is 5.97 Å². The minimum atomic E-state index is -0.373. The average Bonchev–Trinajstić information content (AvgIpc) is 3.40. The van der Waals surface area contributed by atoms with E-state index in [1.807, 2.05) is 13.0 Å². The van der Waals surface area contributed by atoms with Gasteiger partial charge in [-0.05, 0) is 83.2 Å². The van der Waals surface area contributed by atoms with E-state index in [1.165, 1.54) is 11.6 Å². The molecular formula is C25H34O5. The van der Waals surface area contributed by atoms with Crippen molar-refractivity contribution in [3.63, 3.8) is 0 Å². The molecule has 1 aliphatic heterocycles. The van der Waals surface area contributed by atoms with Gasteiger partial charge < -0.3 is 19.3 Å². The minimum absolute atomic E-state index is 0.133. The van der Waals surface area contributed by atoms with Crippen molar-refractivity contribution >= 4 is 12.0 Å². The van der Waals surface area contributed by atoms with Crippen molar-refractivity contribution in [3.05, 3.63) is 47.1 Å². The second kappa shape index (κ2) is 8.94. The molecule has 0 aromatic heterocycles. The van der Waals surface area contributed by atoms with Gasteiger partial charge in [0.1, 0.15) is 11.9 Å². The lowest BCUT2D eigenvalue weighted by molar-refractivity contribution is -0.152. The van der Waals surface area contributed by atoms with Crippen molar-refractivity contribution in [2.75, 3.05) is 13.2 Å². The van der Waals surface area contributed by atoms with Crippen molar-refractivity contribution in [1.82, 2.24) is 0 Å². The first-order chi connectivity index (χ1) is 14.1. The van der Waals surface area contributed by atoms with Crippen molar-refractivity contribution in [3.8, 4) is 5.75 Å². The van der Waals surface area contributed by atoms with Gasteiger partial charge in [0, 0.05) is 12.0 Å². The van der Waals surface area contributed by atoms with Gasteiger partial charge in [0.15, 0.2) is 0 Å². The Hall–Kier alpha value is -2.11. The van der Waals surface area contributed by atoms with Crippen LogP contribution in [0.1, 0.15) is 58.1 Å². The average molecular weight is 415 g/mol. The van der Waals surface area contributed by atoms with Gasteiger partial charge in [-0.3, -0.25) is 0 Å². The van der Waals surface area contributed by atoms with Gasteiger partial charge in [0.2, 0.25) is 0 Å². The maximum atomic E-state index is 12.4. The number of esters is 1. The van der Waals surface area contributed by atoms with E-state index < -0.39 is 0 Å². The standard InChI is InChI=1S/C25H34O5/c1-17(2)9-11-28-24(4,5)22-15-21(8-10-25(22)16-29-25)30-23(27)7-6-19-12-18(3)13-20(26)14-19/h6-7,9,12-14,21-22,26H,8,10-11,15-16H2,1-5H3/b7-6+/t21-,22?,25?/m1/s1. The second-order valence-corrected chi connectivity index (χ2v) is 9.37. The summed E-state index contributed by atoms with van der Waals surface area (Å²) in [6.45, 7) is 11.5. The van der Waals surface area contributed by atoms with Crippen LogP contribution >= 0.6 is 0 Å². The molecule has 1 saturated heterocycles. The molecule has 0 radical (unpaired) electrons. The van der Waals surface area contributed by atoms with Crippen LogP contribution in [-0.4, -0.2) is 41.6 Å². The third kappa shape index (κ3) is 5.73. The normalized spacial score (nSPS) is 26.0. The van der Waals surface area contributed by atoms with E-state index in [9.17, 15) is 9.90 Å². The molecule has 1 N–H and O–H groups in total. The lowest BCUT2D eigenvalue weighted by Gasteiger charge is -2.43. The van der Waals surface area contributed by atoms with E-state index in [2.05, 4.69) is 33.8 Å². The van der Waals surface area contributed by atoms with E-state index in [4.69, 9.17) is 14.2 Å². The zero-order valence-corrected chi connectivity index (χ0v) is 18.7. The first-order valence-electron chi connectivity index (χ1n) is 10.7. The van der Waals surface area contributed by atoms with Gasteiger partial charge in [-0.25, -0.2) is 4.79 Å². The number of hydrogen-bond donors (Lipinski definition) is 1. The molecule has 30 heavy (non-hydrogen) atoms. The molecule has 3 rings (SSSR count). The molecule has 1 aromatic rings. The smallest absolute Gasteiger partial charge is 0.331 e. The van der Waals surface area contributed by atoms with Gasteiger partial charge in [-0.15, -0.1) is 0 Å². The molecule has 5 nitrogen and oxygen atoms in total. The highest BCUT2D eigenvalue weighted by Gasteiger charge is 2.59. The highest BCUT2D eigenvalue weighted by Crippen LogP contribution is 2.51. The maximum Gasteiger partial charge on any atom is 0.331 e. The fourth-order valence-corrected chi connectivity index (χ4v) is 4.42. The zero-order chi connectivity index (χ0) is 21.9. The molecule has 164 valence electrons. The van der Waals surface area contributed by atoms with Crippen LogP contribution < -0.4 is 0 Å². The topological polar surface area (TPSA) is 68.3 Å². The van der Waals surface area contributed by atoms with E-state index >= 15 is 0 Å². The number of allylic oxidation sites excluding steroid dienone is 1. The first kappa shape index (κ1) is 22.6. The molecule has 0 amide bonds. The number of rotatable bonds is 7. The highest BCUT2D eigenvalue weighted by molar-refractivity contribution is 5.87. The Bertz CT molecular complexity index is 808. The molecule has 3 atom stereocenters. The van der Waals surface area contributed by atoms with Crippen molar-refractivity contribution in [1.29, 1.82) is 0 Å². The van der Waals surface area contributed by atoms with Crippen molar-refractivity contribution in [2.24, 2.45) is 5.92 Å². The number of aryl methyl sites for hydroxylation is 1. The van der Waals surface area contributed by atoms with E-state index in [0.717, 1.165) is 37.0 Å². The van der Waals surface area contributed by atoms with Gasteiger partial charge in [-0.1, -0.05) is 17.7 Å². The fourth-order valence-electron chi connectivity index (χ4n) is 4.42. The predicted molar refractivity (Wildman–Crippen MR) is 117 cm³/mol. The number of ether oxygens (including phenoxy) is 3. The predicted octanol–water partition coefficient (Wildman–Crippen LogP) is 4.96. The molecule has 1 aliphatic carbocycles. The van der Waals surface area contributed by atoms with E-state index in [-0.39, 0.29) is 34.9 Å². The molecule has 5 heteroatoms. The molecule has 2 aliphatic rings. The van der Waals surface area contributed by atoms with Crippen molar-refractivity contribution < 1.29 is 24.1 Å². The lowest BCUT2D eigenvalue weighted by atomic mass is 9.70. The van der Waals surface area contributed by atoms with Gasteiger partial charge in [0.25, 0.3) is 0 Å². The molecule has 2 fully saturated rings. The van der Waals surface area contributed by atoms with Crippen LogP contribution in [0.4, 0.5) is 0 Å². The summed E-state index contributed by atoms with van der Waals surface area (Å²) in [4.78, 5) is 12.4. The molecular weight excluding hydrogens is 380 g/mol. The number of phenolic OH excluding ortho intramolecular Hbond substituents is 1. The number of carbonyl (C=O) groups excluding carboxylic acids is 1. The van der Waals surface area contributed by atoms with Crippen LogP contribution in [0.3, 0.4) is 0 Å². The van der Waals surface area contributed by atoms with Gasteiger partial charge in [0.05, 0.1) is 24.4 Å². The van der Waals surface area contributed by atoms with E-state index in [0.29, 0.717) is 6.61 Å². The second-order valence-electron chi connectivity index (χ2n) is 9.37. The first-order valence-corrected chi connectivity index (χ1v) is 10.7. The van der Waals surface area contributed by atoms with Crippen LogP contribution in [0.15, 0.2) is 35.9 Å². The van der Waals surface area contributed by atoms with Crippen LogP contribution in [0.25, 0.3) is 6.08 Å². The molecule has 0 bridgehead atoms. The SMILES string of the molecule is CC(C)=CCOC(C)(C)C1C[C@H](OC(=O)/C=C/c2cc(C)cc(O)c2)CCC12CO2. The molecule has 1 saturated carbocycles. The maximum absolute atomic E-state index is 12.4. The summed E-state index contributed by atoms with van der Waals surface area (Å²) in [7, 11) is 0. The summed E-state index contributed by atoms with van der Waals surface area (Å²) in [5.41, 5.74) is 2.43. The van der Waals surface area contributed by atoms with Crippen LogP contribution in [0, 0.1) is 12.8 Å². The van der Waals surface area contributed by atoms with Crippen LogP contribution in [0.5, 0.6) is 5.75 Å². The summed E-state index contributed by atoms with van der Waals surface area (Å²) < 4.78 is 17.8. The Balaban J connectivity index is 1.61.